The molecule has 0 aliphatic heterocycles. The number of hydrogen-bond donors (Lipinski definition) is 1. The molecule has 166 valence electrons. The molecule has 0 unspecified atom stereocenters. The Morgan fingerprint density at radius 1 is 0.912 bits per heavy atom. The number of benzene rings is 3. The molecule has 1 N–H and O–H groups in total. The fraction of sp³-hybridized carbons (Fsp3) is 0. The van der Waals surface area contributed by atoms with Crippen molar-refractivity contribution in [1.29, 1.82) is 0 Å². The molecule has 8 heteroatoms. The molecule has 0 saturated heterocycles. The number of fused-ring (bicyclic) bond motifs is 1. The van der Waals surface area contributed by atoms with E-state index in [1.165, 1.54) is 24.3 Å². The third-order valence-corrected chi connectivity index (χ3v) is 5.22. The Kier molecular flexibility index (Phi) is 5.23. The lowest BCUT2D eigenvalue weighted by atomic mass is 10.1. The van der Waals surface area contributed by atoms with Crippen molar-refractivity contribution in [2.75, 3.05) is 0 Å². The van der Waals surface area contributed by atoms with E-state index in [1.54, 1.807) is 12.1 Å². The van der Waals surface area contributed by atoms with Crippen LogP contribution in [-0.2, 0) is 0 Å². The molecular weight excluding hydrogens is 436 g/mol. The van der Waals surface area contributed by atoms with Gasteiger partial charge in [-0.3, -0.25) is 10.1 Å². The minimum absolute atomic E-state index is 0.102. The summed E-state index contributed by atoms with van der Waals surface area (Å²) in [7, 11) is 0. The zero-order valence-electron chi connectivity index (χ0n) is 17.5. The topological polar surface area (TPSA) is 116 Å². The number of para-hydroxylation sites is 2. The van der Waals surface area contributed by atoms with Gasteiger partial charge in [0, 0.05) is 17.5 Å². The van der Waals surface area contributed by atoms with Gasteiger partial charge in [0.25, 0.3) is 5.69 Å². The number of hydrogen-bond acceptors (Lipinski definition) is 6. The zero-order valence-corrected chi connectivity index (χ0v) is 17.5. The Morgan fingerprint density at radius 3 is 2.41 bits per heavy atom. The number of nitrogens with zero attached hydrogens (tertiary/aromatic N) is 2. The highest BCUT2D eigenvalue weighted by atomic mass is 16.6. The van der Waals surface area contributed by atoms with Crippen molar-refractivity contribution in [3.05, 3.63) is 107 Å². The first-order valence-electron chi connectivity index (χ1n) is 10.2. The second kappa shape index (κ2) is 8.51. The molecule has 5 aromatic rings. The van der Waals surface area contributed by atoms with E-state index in [0.29, 0.717) is 39.8 Å². The molecule has 8 nitrogen and oxygen atoms in total. The van der Waals surface area contributed by atoms with Crippen molar-refractivity contribution >= 4 is 22.6 Å². The van der Waals surface area contributed by atoms with Gasteiger partial charge in [0.1, 0.15) is 23.0 Å². The Bertz CT molecular complexity index is 1540. The van der Waals surface area contributed by atoms with E-state index in [1.807, 2.05) is 54.6 Å². The van der Waals surface area contributed by atoms with Crippen LogP contribution in [0.4, 0.5) is 5.69 Å². The van der Waals surface area contributed by atoms with Crippen LogP contribution < -0.4 is 4.74 Å². The van der Waals surface area contributed by atoms with Crippen molar-refractivity contribution in [3.8, 4) is 34.3 Å². The number of furan rings is 1. The number of ether oxygens (including phenoxy) is 1. The molecule has 0 fully saturated rings. The van der Waals surface area contributed by atoms with Crippen LogP contribution in [0.3, 0.4) is 0 Å². The number of aromatic nitrogens is 1. The van der Waals surface area contributed by atoms with Gasteiger partial charge in [0.05, 0.1) is 21.6 Å². The maximum Gasteiger partial charge on any atom is 0.336 e. The molecule has 5 rings (SSSR count). The summed E-state index contributed by atoms with van der Waals surface area (Å²) in [5.74, 6) is 0.927. The third-order valence-electron chi connectivity index (χ3n) is 5.22. The Morgan fingerprint density at radius 2 is 1.65 bits per heavy atom. The van der Waals surface area contributed by atoms with E-state index in [2.05, 4.69) is 4.98 Å². The van der Waals surface area contributed by atoms with Gasteiger partial charge in [0.2, 0.25) is 0 Å². The van der Waals surface area contributed by atoms with Crippen molar-refractivity contribution in [2.24, 2.45) is 0 Å². The second-order valence-corrected chi connectivity index (χ2v) is 7.39. The molecular formula is C26H16N2O6. The molecule has 0 aliphatic rings. The smallest absolute Gasteiger partial charge is 0.336 e. The normalized spacial score (nSPS) is 10.8. The number of carboxylic acids is 1. The van der Waals surface area contributed by atoms with E-state index in [0.717, 1.165) is 0 Å². The van der Waals surface area contributed by atoms with Gasteiger partial charge in [-0.1, -0.05) is 30.3 Å². The molecule has 2 heterocycles. The van der Waals surface area contributed by atoms with Crippen molar-refractivity contribution < 1.29 is 24.0 Å². The predicted octanol–water partition coefficient (Wildman–Crippen LogP) is 6.56. The largest absolute Gasteiger partial charge is 0.478 e. The predicted molar refractivity (Wildman–Crippen MR) is 125 cm³/mol. The van der Waals surface area contributed by atoms with Gasteiger partial charge in [-0.05, 0) is 48.5 Å². The van der Waals surface area contributed by atoms with Crippen LogP contribution in [0.5, 0.6) is 11.5 Å². The summed E-state index contributed by atoms with van der Waals surface area (Å²) in [5, 5.41) is 21.0. The molecule has 2 aromatic heterocycles. The number of carboxylic acid groups (broad SMARTS) is 1. The Labute approximate surface area is 192 Å². The maximum absolute atomic E-state index is 11.9. The zero-order chi connectivity index (χ0) is 23.7. The van der Waals surface area contributed by atoms with E-state index >= 15 is 0 Å². The Balaban J connectivity index is 1.56. The molecule has 0 atom stereocenters. The fourth-order valence-electron chi connectivity index (χ4n) is 3.63. The number of rotatable bonds is 6. The summed E-state index contributed by atoms with van der Waals surface area (Å²) in [5.41, 5.74) is 1.01. The first kappa shape index (κ1) is 20.9. The van der Waals surface area contributed by atoms with Crippen molar-refractivity contribution in [2.45, 2.75) is 0 Å². The molecule has 0 amide bonds. The SMILES string of the molecule is O=C(O)c1cc(-c2ccc(-c3ccccc3Oc3ccccc3)o2)nc2ccc([N+](=O)[O-])cc12. The monoisotopic (exact) mass is 452 g/mol. The summed E-state index contributed by atoms with van der Waals surface area (Å²) in [6.07, 6.45) is 0. The van der Waals surface area contributed by atoms with Gasteiger partial charge in [0.15, 0.2) is 5.76 Å². The van der Waals surface area contributed by atoms with Gasteiger partial charge in [-0.25, -0.2) is 9.78 Å². The third kappa shape index (κ3) is 3.95. The summed E-state index contributed by atoms with van der Waals surface area (Å²) in [6.45, 7) is 0. The number of carbonyl (C=O) groups is 1. The van der Waals surface area contributed by atoms with Gasteiger partial charge in [-0.2, -0.15) is 0 Å². The molecule has 0 saturated carbocycles. The average Bonchev–Trinajstić information content (AvgIpc) is 3.34. The van der Waals surface area contributed by atoms with Gasteiger partial charge in [-0.15, -0.1) is 0 Å². The molecule has 3 aromatic carbocycles. The highest BCUT2D eigenvalue weighted by molar-refractivity contribution is 6.04. The van der Waals surface area contributed by atoms with Crippen molar-refractivity contribution in [1.82, 2.24) is 4.98 Å². The summed E-state index contributed by atoms with van der Waals surface area (Å²) >= 11 is 0. The van der Waals surface area contributed by atoms with Crippen LogP contribution >= 0.6 is 0 Å². The molecule has 0 radical (unpaired) electrons. The fourth-order valence-corrected chi connectivity index (χ4v) is 3.63. The standard InChI is InChI=1S/C26H16N2O6/c29-26(30)20-15-22(27-21-11-10-16(28(31)32)14-19(20)21)25-13-12-24(34-25)18-8-4-5-9-23(18)33-17-6-2-1-3-7-17/h1-15H,(H,29,30). The van der Waals surface area contributed by atoms with Crippen LogP contribution in [0.2, 0.25) is 0 Å². The van der Waals surface area contributed by atoms with E-state index in [-0.39, 0.29) is 16.6 Å². The Hall–Kier alpha value is -4.98. The van der Waals surface area contributed by atoms with Crippen LogP contribution in [-0.4, -0.2) is 21.0 Å². The molecule has 34 heavy (non-hydrogen) atoms. The van der Waals surface area contributed by atoms with E-state index < -0.39 is 10.9 Å². The van der Waals surface area contributed by atoms with Gasteiger partial charge < -0.3 is 14.3 Å². The molecule has 0 bridgehead atoms. The number of nitro groups is 1. The van der Waals surface area contributed by atoms with Crippen LogP contribution in [0.25, 0.3) is 33.7 Å². The summed E-state index contributed by atoms with van der Waals surface area (Å²) < 4.78 is 12.0. The first-order chi connectivity index (χ1) is 16.5. The lowest BCUT2D eigenvalue weighted by Crippen LogP contribution is -2.01. The minimum atomic E-state index is -1.22. The number of pyridine rings is 1. The minimum Gasteiger partial charge on any atom is -0.478 e. The van der Waals surface area contributed by atoms with E-state index in [9.17, 15) is 20.0 Å². The summed E-state index contributed by atoms with van der Waals surface area (Å²) in [4.78, 5) is 26.9. The van der Waals surface area contributed by atoms with Crippen molar-refractivity contribution in [3.63, 3.8) is 0 Å². The highest BCUT2D eigenvalue weighted by Crippen LogP contribution is 2.36. The molecule has 0 spiro atoms. The lowest BCUT2D eigenvalue weighted by Gasteiger charge is -2.09. The van der Waals surface area contributed by atoms with E-state index in [4.69, 9.17) is 9.15 Å². The average molecular weight is 452 g/mol. The number of non-ortho nitro benzene ring substituents is 1. The highest BCUT2D eigenvalue weighted by Gasteiger charge is 2.19. The quantitative estimate of drug-likeness (QED) is 0.229. The molecule has 0 aliphatic carbocycles. The summed E-state index contributed by atoms with van der Waals surface area (Å²) in [6, 6.07) is 25.5. The van der Waals surface area contributed by atoms with Crippen LogP contribution in [0, 0.1) is 10.1 Å². The number of aromatic carboxylic acids is 1. The maximum atomic E-state index is 11.9. The van der Waals surface area contributed by atoms with Crippen LogP contribution in [0.1, 0.15) is 10.4 Å². The second-order valence-electron chi connectivity index (χ2n) is 7.39. The number of nitro benzene ring substituents is 1. The first-order valence-corrected chi connectivity index (χ1v) is 10.2. The lowest BCUT2D eigenvalue weighted by molar-refractivity contribution is -0.384. The van der Waals surface area contributed by atoms with Gasteiger partial charge >= 0.3 is 5.97 Å². The van der Waals surface area contributed by atoms with Crippen LogP contribution in [0.15, 0.2) is 95.4 Å².